The Morgan fingerprint density at radius 3 is 2.44 bits per heavy atom. The molecular formula is C12H11F2NO3. The van der Waals surface area contributed by atoms with Crippen molar-refractivity contribution in [3.63, 3.8) is 0 Å². The lowest BCUT2D eigenvalue weighted by atomic mass is 10.2. The first-order valence-corrected chi connectivity index (χ1v) is 5.24. The number of ether oxygens (including phenoxy) is 1. The maximum absolute atomic E-state index is 13.5. The van der Waals surface area contributed by atoms with Crippen LogP contribution in [0.25, 0.3) is 0 Å². The van der Waals surface area contributed by atoms with E-state index >= 15 is 0 Å². The van der Waals surface area contributed by atoms with Gasteiger partial charge in [0.05, 0.1) is 6.61 Å². The molecule has 96 valence electrons. The van der Waals surface area contributed by atoms with Crippen molar-refractivity contribution in [1.29, 1.82) is 0 Å². The number of hydrogen-bond acceptors (Lipinski definition) is 4. The van der Waals surface area contributed by atoms with E-state index in [1.54, 1.807) is 13.0 Å². The maximum Gasteiger partial charge on any atom is 0.191 e. The zero-order valence-corrected chi connectivity index (χ0v) is 9.61. The number of aromatic nitrogens is 1. The molecule has 1 N–H and O–H groups in total. The second kappa shape index (κ2) is 5.14. The molecule has 18 heavy (non-hydrogen) atoms. The molecule has 0 radical (unpaired) electrons. The Labute approximate surface area is 102 Å². The van der Waals surface area contributed by atoms with Gasteiger partial charge in [-0.25, -0.2) is 8.78 Å². The molecule has 4 nitrogen and oxygen atoms in total. The third-order valence-corrected chi connectivity index (χ3v) is 2.28. The van der Waals surface area contributed by atoms with Gasteiger partial charge >= 0.3 is 0 Å². The average Bonchev–Trinajstić information content (AvgIpc) is 2.73. The Morgan fingerprint density at radius 2 is 1.94 bits per heavy atom. The van der Waals surface area contributed by atoms with Crippen molar-refractivity contribution in [3.8, 4) is 5.75 Å². The quantitative estimate of drug-likeness (QED) is 0.911. The van der Waals surface area contributed by atoms with Crippen LogP contribution in [0.3, 0.4) is 0 Å². The van der Waals surface area contributed by atoms with E-state index in [0.29, 0.717) is 11.5 Å². The third-order valence-electron chi connectivity index (χ3n) is 2.28. The van der Waals surface area contributed by atoms with Gasteiger partial charge in [0.25, 0.3) is 0 Å². The average molecular weight is 255 g/mol. The lowest BCUT2D eigenvalue weighted by molar-refractivity contribution is 0.257. The highest BCUT2D eigenvalue weighted by molar-refractivity contribution is 5.31. The van der Waals surface area contributed by atoms with Crippen molar-refractivity contribution in [3.05, 3.63) is 46.9 Å². The number of hydrogen-bond donors (Lipinski definition) is 1. The minimum Gasteiger partial charge on any atom is -0.481 e. The Kier molecular flexibility index (Phi) is 3.57. The topological polar surface area (TPSA) is 55.5 Å². The van der Waals surface area contributed by atoms with E-state index in [2.05, 4.69) is 5.16 Å². The highest BCUT2D eigenvalue weighted by atomic mass is 19.1. The van der Waals surface area contributed by atoms with Crippen LogP contribution < -0.4 is 4.74 Å². The number of aliphatic hydroxyl groups is 1. The molecule has 0 spiro atoms. The second-order valence-corrected chi connectivity index (χ2v) is 3.76. The van der Waals surface area contributed by atoms with Crippen LogP contribution in [0, 0.1) is 18.6 Å². The number of halogens is 2. The van der Waals surface area contributed by atoms with Gasteiger partial charge in [-0.05, 0) is 24.6 Å². The molecule has 1 aromatic carbocycles. The van der Waals surface area contributed by atoms with Crippen LogP contribution in [0.2, 0.25) is 0 Å². The van der Waals surface area contributed by atoms with Crippen LogP contribution in [-0.4, -0.2) is 10.3 Å². The van der Waals surface area contributed by atoms with Crippen LogP contribution in [0.1, 0.15) is 17.0 Å². The van der Waals surface area contributed by atoms with E-state index in [0.717, 1.165) is 12.1 Å². The van der Waals surface area contributed by atoms with E-state index < -0.39 is 24.0 Å². The lowest BCUT2D eigenvalue weighted by Crippen LogP contribution is -2.01. The standard InChI is InChI=1S/C12H11F2NO3/c1-7-2-9(15-18-7)6-17-12-10(13)3-8(5-16)4-11(12)14/h2-4,16H,5-6H2,1H3. The smallest absolute Gasteiger partial charge is 0.191 e. The number of rotatable bonds is 4. The summed E-state index contributed by atoms with van der Waals surface area (Å²) in [6, 6.07) is 3.65. The Balaban J connectivity index is 2.14. The van der Waals surface area contributed by atoms with Crippen LogP contribution in [-0.2, 0) is 13.2 Å². The first kappa shape index (κ1) is 12.5. The van der Waals surface area contributed by atoms with Crippen molar-refractivity contribution in [2.45, 2.75) is 20.1 Å². The van der Waals surface area contributed by atoms with Gasteiger partial charge in [-0.15, -0.1) is 0 Å². The summed E-state index contributed by atoms with van der Waals surface area (Å²) in [5.41, 5.74) is 0.590. The molecule has 1 heterocycles. The normalized spacial score (nSPS) is 10.7. The monoisotopic (exact) mass is 255 g/mol. The molecule has 0 bridgehead atoms. The van der Waals surface area contributed by atoms with Gasteiger partial charge in [-0.2, -0.15) is 0 Å². The van der Waals surface area contributed by atoms with Crippen LogP contribution >= 0.6 is 0 Å². The summed E-state index contributed by atoms with van der Waals surface area (Å²) in [5.74, 6) is -1.63. The predicted molar refractivity (Wildman–Crippen MR) is 57.9 cm³/mol. The zero-order valence-electron chi connectivity index (χ0n) is 9.61. The molecular weight excluding hydrogens is 244 g/mol. The summed E-state index contributed by atoms with van der Waals surface area (Å²) < 4.78 is 36.8. The highest BCUT2D eigenvalue weighted by Gasteiger charge is 2.13. The summed E-state index contributed by atoms with van der Waals surface area (Å²) in [5, 5.41) is 12.4. The Hall–Kier alpha value is -1.95. The fourth-order valence-corrected chi connectivity index (χ4v) is 1.47. The Morgan fingerprint density at radius 1 is 1.28 bits per heavy atom. The fraction of sp³-hybridized carbons (Fsp3) is 0.250. The van der Waals surface area contributed by atoms with Crippen molar-refractivity contribution in [2.75, 3.05) is 0 Å². The highest BCUT2D eigenvalue weighted by Crippen LogP contribution is 2.24. The number of aliphatic hydroxyl groups excluding tert-OH is 1. The van der Waals surface area contributed by atoms with Crippen molar-refractivity contribution >= 4 is 0 Å². The molecule has 6 heteroatoms. The van der Waals surface area contributed by atoms with Gasteiger partial charge in [0.2, 0.25) is 0 Å². The number of benzene rings is 1. The minimum absolute atomic E-state index is 0.0936. The molecule has 0 aliphatic rings. The van der Waals surface area contributed by atoms with E-state index in [9.17, 15) is 8.78 Å². The molecule has 0 saturated heterocycles. The molecule has 0 amide bonds. The molecule has 0 atom stereocenters. The fourth-order valence-electron chi connectivity index (χ4n) is 1.47. The van der Waals surface area contributed by atoms with Crippen LogP contribution in [0.5, 0.6) is 5.75 Å². The van der Waals surface area contributed by atoms with E-state index in [-0.39, 0.29) is 12.2 Å². The second-order valence-electron chi connectivity index (χ2n) is 3.76. The molecule has 0 saturated carbocycles. The SMILES string of the molecule is Cc1cc(COc2c(F)cc(CO)cc2F)no1. The minimum atomic E-state index is -0.862. The van der Waals surface area contributed by atoms with Gasteiger partial charge in [0.1, 0.15) is 18.1 Å². The molecule has 0 fully saturated rings. The largest absolute Gasteiger partial charge is 0.481 e. The Bertz CT molecular complexity index is 531. The molecule has 0 aliphatic heterocycles. The summed E-state index contributed by atoms with van der Waals surface area (Å²) >= 11 is 0. The summed E-state index contributed by atoms with van der Waals surface area (Å²) in [6.45, 7) is 1.17. The van der Waals surface area contributed by atoms with E-state index in [1.165, 1.54) is 0 Å². The molecule has 2 rings (SSSR count). The summed E-state index contributed by atoms with van der Waals surface area (Å²) in [7, 11) is 0. The molecule has 1 aromatic heterocycles. The predicted octanol–water partition coefficient (Wildman–Crippen LogP) is 2.33. The van der Waals surface area contributed by atoms with Gasteiger partial charge < -0.3 is 14.4 Å². The summed E-state index contributed by atoms with van der Waals surface area (Å²) in [6.07, 6.45) is 0. The van der Waals surface area contributed by atoms with Crippen LogP contribution in [0.4, 0.5) is 8.78 Å². The summed E-state index contributed by atoms with van der Waals surface area (Å²) in [4.78, 5) is 0. The molecule has 2 aromatic rings. The van der Waals surface area contributed by atoms with E-state index in [1.807, 2.05) is 0 Å². The number of nitrogens with zero attached hydrogens (tertiary/aromatic N) is 1. The van der Waals surface area contributed by atoms with Gasteiger partial charge in [0, 0.05) is 6.07 Å². The van der Waals surface area contributed by atoms with Crippen molar-refractivity contribution in [1.82, 2.24) is 5.16 Å². The third kappa shape index (κ3) is 2.65. The van der Waals surface area contributed by atoms with Crippen molar-refractivity contribution in [2.24, 2.45) is 0 Å². The van der Waals surface area contributed by atoms with E-state index in [4.69, 9.17) is 14.4 Å². The first-order valence-electron chi connectivity index (χ1n) is 5.24. The maximum atomic E-state index is 13.5. The number of aryl methyl sites for hydroxylation is 1. The molecule has 0 aliphatic carbocycles. The van der Waals surface area contributed by atoms with Crippen molar-refractivity contribution < 1.29 is 23.1 Å². The van der Waals surface area contributed by atoms with Gasteiger partial charge in [0.15, 0.2) is 17.4 Å². The lowest BCUT2D eigenvalue weighted by Gasteiger charge is -2.07. The van der Waals surface area contributed by atoms with Gasteiger partial charge in [-0.3, -0.25) is 0 Å². The van der Waals surface area contributed by atoms with Crippen LogP contribution in [0.15, 0.2) is 22.7 Å². The first-order chi connectivity index (χ1) is 8.60. The van der Waals surface area contributed by atoms with Gasteiger partial charge in [-0.1, -0.05) is 5.16 Å². The molecule has 0 unspecified atom stereocenters. The zero-order chi connectivity index (χ0) is 13.1.